The van der Waals surface area contributed by atoms with Crippen LogP contribution in [-0.2, 0) is 0 Å². The topological polar surface area (TPSA) is 36.1 Å². The molecule has 0 bridgehead atoms. The summed E-state index contributed by atoms with van der Waals surface area (Å²) in [6.45, 7) is 4.27. The molecular formula is C9H19N3. The van der Waals surface area contributed by atoms with Gasteiger partial charge in [0.15, 0.2) is 0 Å². The summed E-state index contributed by atoms with van der Waals surface area (Å²) >= 11 is 0. The summed E-state index contributed by atoms with van der Waals surface area (Å²) < 4.78 is 0. The van der Waals surface area contributed by atoms with Crippen LogP contribution < -0.4 is 16.0 Å². The van der Waals surface area contributed by atoms with Gasteiger partial charge in [-0.25, -0.2) is 0 Å². The van der Waals surface area contributed by atoms with Crippen LogP contribution in [0.1, 0.15) is 26.2 Å². The van der Waals surface area contributed by atoms with E-state index in [1.807, 2.05) is 6.20 Å². The first-order chi connectivity index (χ1) is 5.93. The van der Waals surface area contributed by atoms with Gasteiger partial charge in [0.2, 0.25) is 0 Å². The SMILES string of the molecule is CCCCCNC1NC=CCN1. The molecule has 0 aromatic rings. The number of hydrogen-bond acceptors (Lipinski definition) is 3. The standard InChI is InChI=1S/C9H19N3/c1-2-3-4-6-10-9-11-7-5-8-12-9/h5,7,9-12H,2-4,6,8H2,1H3. The van der Waals surface area contributed by atoms with Crippen molar-refractivity contribution in [2.45, 2.75) is 32.5 Å². The molecule has 1 aliphatic rings. The van der Waals surface area contributed by atoms with Gasteiger partial charge in [0.1, 0.15) is 6.29 Å². The predicted molar refractivity (Wildman–Crippen MR) is 51.6 cm³/mol. The minimum Gasteiger partial charge on any atom is -0.364 e. The van der Waals surface area contributed by atoms with Crippen molar-refractivity contribution < 1.29 is 0 Å². The lowest BCUT2D eigenvalue weighted by Crippen LogP contribution is -2.53. The minimum absolute atomic E-state index is 0.270. The Morgan fingerprint density at radius 2 is 2.42 bits per heavy atom. The van der Waals surface area contributed by atoms with Crippen LogP contribution in [0.2, 0.25) is 0 Å². The minimum atomic E-state index is 0.270. The Labute approximate surface area is 74.6 Å². The zero-order valence-electron chi connectivity index (χ0n) is 7.77. The fourth-order valence-corrected chi connectivity index (χ4v) is 1.22. The van der Waals surface area contributed by atoms with Crippen molar-refractivity contribution in [1.82, 2.24) is 16.0 Å². The van der Waals surface area contributed by atoms with Gasteiger partial charge >= 0.3 is 0 Å². The van der Waals surface area contributed by atoms with Gasteiger partial charge < -0.3 is 5.32 Å². The highest BCUT2D eigenvalue weighted by Gasteiger charge is 2.04. The zero-order valence-corrected chi connectivity index (χ0v) is 7.77. The molecule has 0 spiro atoms. The van der Waals surface area contributed by atoms with Crippen LogP contribution in [0.3, 0.4) is 0 Å². The van der Waals surface area contributed by atoms with Crippen LogP contribution in [-0.4, -0.2) is 19.4 Å². The summed E-state index contributed by atoms with van der Waals surface area (Å²) in [5.41, 5.74) is 0. The Balaban J connectivity index is 1.95. The van der Waals surface area contributed by atoms with Crippen LogP contribution >= 0.6 is 0 Å². The molecule has 1 atom stereocenters. The maximum absolute atomic E-state index is 3.38. The van der Waals surface area contributed by atoms with Crippen molar-refractivity contribution >= 4 is 0 Å². The van der Waals surface area contributed by atoms with Gasteiger partial charge in [0.05, 0.1) is 0 Å². The van der Waals surface area contributed by atoms with Gasteiger partial charge in [-0.3, -0.25) is 10.6 Å². The van der Waals surface area contributed by atoms with Crippen LogP contribution in [0.4, 0.5) is 0 Å². The van der Waals surface area contributed by atoms with Crippen LogP contribution in [0.25, 0.3) is 0 Å². The molecule has 70 valence electrons. The third kappa shape index (κ3) is 3.74. The van der Waals surface area contributed by atoms with E-state index in [2.05, 4.69) is 29.0 Å². The van der Waals surface area contributed by atoms with E-state index in [0.717, 1.165) is 13.1 Å². The van der Waals surface area contributed by atoms with Gasteiger partial charge in [-0.1, -0.05) is 25.8 Å². The third-order valence-corrected chi connectivity index (χ3v) is 1.95. The van der Waals surface area contributed by atoms with E-state index in [1.165, 1.54) is 19.3 Å². The average Bonchev–Trinajstić information content (AvgIpc) is 2.14. The molecule has 0 saturated heterocycles. The predicted octanol–water partition coefficient (Wildman–Crippen LogP) is 0.756. The largest absolute Gasteiger partial charge is 0.364 e. The first-order valence-corrected chi connectivity index (χ1v) is 4.81. The molecule has 12 heavy (non-hydrogen) atoms. The van der Waals surface area contributed by atoms with E-state index in [9.17, 15) is 0 Å². The van der Waals surface area contributed by atoms with Crippen LogP contribution in [0, 0.1) is 0 Å². The summed E-state index contributed by atoms with van der Waals surface area (Å²) in [6.07, 6.45) is 8.20. The second-order valence-electron chi connectivity index (χ2n) is 3.07. The summed E-state index contributed by atoms with van der Waals surface area (Å²) in [7, 11) is 0. The van der Waals surface area contributed by atoms with Gasteiger partial charge in [-0.05, 0) is 19.2 Å². The molecule has 1 aliphatic heterocycles. The van der Waals surface area contributed by atoms with Crippen molar-refractivity contribution in [1.29, 1.82) is 0 Å². The molecule has 1 heterocycles. The van der Waals surface area contributed by atoms with Gasteiger partial charge in [-0.15, -0.1) is 0 Å². The number of rotatable bonds is 5. The van der Waals surface area contributed by atoms with E-state index in [4.69, 9.17) is 0 Å². The quantitative estimate of drug-likeness (QED) is 0.532. The van der Waals surface area contributed by atoms with Crippen LogP contribution in [0.5, 0.6) is 0 Å². The highest BCUT2D eigenvalue weighted by molar-refractivity contribution is 4.89. The normalized spacial score (nSPS) is 22.2. The Morgan fingerprint density at radius 1 is 1.50 bits per heavy atom. The Kier molecular flexibility index (Phi) is 4.80. The molecule has 0 saturated carbocycles. The maximum Gasteiger partial charge on any atom is 0.132 e. The first-order valence-electron chi connectivity index (χ1n) is 4.81. The monoisotopic (exact) mass is 169 g/mol. The molecule has 1 rings (SSSR count). The molecule has 0 amide bonds. The number of unbranched alkanes of at least 4 members (excludes halogenated alkanes) is 2. The summed E-state index contributed by atoms with van der Waals surface area (Å²) in [6, 6.07) is 0. The number of hydrogen-bond donors (Lipinski definition) is 3. The van der Waals surface area contributed by atoms with Crippen molar-refractivity contribution in [3.8, 4) is 0 Å². The fraction of sp³-hybridized carbons (Fsp3) is 0.778. The molecule has 3 N–H and O–H groups in total. The van der Waals surface area contributed by atoms with E-state index in [0.29, 0.717) is 0 Å². The molecule has 0 aromatic carbocycles. The molecular weight excluding hydrogens is 150 g/mol. The van der Waals surface area contributed by atoms with Crippen molar-refractivity contribution in [2.75, 3.05) is 13.1 Å². The Hall–Kier alpha value is -0.540. The number of nitrogens with one attached hydrogen (secondary N) is 3. The zero-order chi connectivity index (χ0) is 8.65. The lowest BCUT2D eigenvalue weighted by atomic mass is 10.2. The maximum atomic E-state index is 3.38. The molecule has 0 aliphatic carbocycles. The van der Waals surface area contributed by atoms with Crippen molar-refractivity contribution in [3.63, 3.8) is 0 Å². The fourth-order valence-electron chi connectivity index (χ4n) is 1.22. The highest BCUT2D eigenvalue weighted by atomic mass is 15.3. The smallest absolute Gasteiger partial charge is 0.132 e. The first kappa shape index (κ1) is 9.55. The molecule has 1 unspecified atom stereocenters. The highest BCUT2D eigenvalue weighted by Crippen LogP contribution is 1.91. The third-order valence-electron chi connectivity index (χ3n) is 1.95. The van der Waals surface area contributed by atoms with Gasteiger partial charge in [-0.2, -0.15) is 0 Å². The van der Waals surface area contributed by atoms with E-state index >= 15 is 0 Å². The van der Waals surface area contributed by atoms with E-state index < -0.39 is 0 Å². The van der Waals surface area contributed by atoms with E-state index in [1.54, 1.807) is 0 Å². The van der Waals surface area contributed by atoms with Gasteiger partial charge in [0.25, 0.3) is 0 Å². The van der Waals surface area contributed by atoms with Crippen molar-refractivity contribution in [2.24, 2.45) is 0 Å². The van der Waals surface area contributed by atoms with Crippen LogP contribution in [0.15, 0.2) is 12.3 Å². The van der Waals surface area contributed by atoms with E-state index in [-0.39, 0.29) is 6.29 Å². The summed E-state index contributed by atoms with van der Waals surface area (Å²) in [5.74, 6) is 0. The lowest BCUT2D eigenvalue weighted by molar-refractivity contribution is 0.387. The molecule has 3 nitrogen and oxygen atoms in total. The van der Waals surface area contributed by atoms with Crippen molar-refractivity contribution in [3.05, 3.63) is 12.3 Å². The lowest BCUT2D eigenvalue weighted by Gasteiger charge is -2.22. The average molecular weight is 169 g/mol. The molecule has 0 aromatic heterocycles. The molecule has 0 fully saturated rings. The summed E-state index contributed by atoms with van der Waals surface area (Å²) in [4.78, 5) is 0. The Bertz CT molecular complexity index is 134. The molecule has 3 heteroatoms. The second kappa shape index (κ2) is 6.03. The Morgan fingerprint density at radius 3 is 3.08 bits per heavy atom. The second-order valence-corrected chi connectivity index (χ2v) is 3.07. The molecule has 0 radical (unpaired) electrons. The summed E-state index contributed by atoms with van der Waals surface area (Å²) in [5, 5.41) is 9.86. The van der Waals surface area contributed by atoms with Gasteiger partial charge in [0, 0.05) is 6.54 Å².